The van der Waals surface area contributed by atoms with Crippen LogP contribution in [0, 0.1) is 6.92 Å². The zero-order valence-electron chi connectivity index (χ0n) is 29.0. The number of H-pyrrole nitrogens is 1. The minimum Gasteiger partial charge on any atom is -0.489 e. The number of amides is 1. The lowest BCUT2D eigenvalue weighted by molar-refractivity contribution is 0.0564. The highest BCUT2D eigenvalue weighted by molar-refractivity contribution is 7.92. The first-order chi connectivity index (χ1) is 23.4. The molecule has 4 aromatic rings. The molecule has 3 N–H and O–H groups in total. The summed E-state index contributed by atoms with van der Waals surface area (Å²) in [5.41, 5.74) is 4.24. The van der Waals surface area contributed by atoms with E-state index in [1.807, 2.05) is 49.9 Å². The lowest BCUT2D eigenvalue weighted by Gasteiger charge is -2.36. The molecule has 0 radical (unpaired) electrons. The van der Waals surface area contributed by atoms with Crippen LogP contribution in [0.15, 0.2) is 41.4 Å². The Hall–Kier alpha value is -4.27. The fourth-order valence-electron chi connectivity index (χ4n) is 6.48. The van der Waals surface area contributed by atoms with E-state index >= 15 is 0 Å². The largest absolute Gasteiger partial charge is 0.489 e. The number of nitrogens with zero attached hydrogens (tertiary/aromatic N) is 5. The Kier molecular flexibility index (Phi) is 10.1. The Balaban J connectivity index is 1.26. The summed E-state index contributed by atoms with van der Waals surface area (Å²) in [7, 11) is -1.79. The smallest absolute Gasteiger partial charge is 0.254 e. The van der Waals surface area contributed by atoms with Crippen LogP contribution in [0.1, 0.15) is 67.6 Å². The quantitative estimate of drug-likeness (QED) is 0.173. The van der Waals surface area contributed by atoms with Gasteiger partial charge in [-0.1, -0.05) is 17.7 Å². The average molecular weight is 691 g/mol. The van der Waals surface area contributed by atoms with Crippen molar-refractivity contribution in [1.29, 1.82) is 0 Å². The maximum atomic E-state index is 13.8. The number of methoxy groups -OCH3 is 1. The summed E-state index contributed by atoms with van der Waals surface area (Å²) in [6.45, 7) is 13.5. The second-order valence-electron chi connectivity index (χ2n) is 13.4. The van der Waals surface area contributed by atoms with E-state index in [4.69, 9.17) is 14.5 Å². The van der Waals surface area contributed by atoms with Crippen molar-refractivity contribution in [3.8, 4) is 5.75 Å². The van der Waals surface area contributed by atoms with E-state index in [9.17, 15) is 13.2 Å². The number of hydrogen-bond donors (Lipinski definition) is 3. The number of nitrogens with one attached hydrogen (secondary N) is 3. The molecule has 2 aliphatic rings. The zero-order chi connectivity index (χ0) is 34.9. The maximum absolute atomic E-state index is 13.8. The molecule has 0 bridgehead atoms. The molecule has 4 heterocycles. The minimum absolute atomic E-state index is 0.0158. The van der Waals surface area contributed by atoms with Gasteiger partial charge in [-0.2, -0.15) is 15.1 Å². The van der Waals surface area contributed by atoms with Crippen LogP contribution in [0.4, 0.5) is 17.5 Å². The minimum atomic E-state index is -3.51. The number of carbonyl (C=O) groups is 1. The topological polar surface area (TPSA) is 155 Å². The average Bonchev–Trinajstić information content (AvgIpc) is 3.67. The number of sulfone groups is 1. The fourth-order valence-corrected chi connectivity index (χ4v) is 7.75. The molecule has 0 aliphatic carbocycles. The van der Waals surface area contributed by atoms with Gasteiger partial charge in [-0.05, 0) is 76.8 Å². The molecular formula is C35H46N8O5S. The Morgan fingerprint density at radius 1 is 1.08 bits per heavy atom. The summed E-state index contributed by atoms with van der Waals surface area (Å²) in [6.07, 6.45) is 3.36. The van der Waals surface area contributed by atoms with E-state index in [1.54, 1.807) is 33.2 Å². The highest BCUT2D eigenvalue weighted by Gasteiger charge is 2.35. The van der Waals surface area contributed by atoms with E-state index < -0.39 is 15.1 Å². The van der Waals surface area contributed by atoms with Crippen LogP contribution in [0.2, 0.25) is 0 Å². The van der Waals surface area contributed by atoms with Gasteiger partial charge in [0.1, 0.15) is 11.6 Å². The molecule has 2 aromatic carbocycles. The summed E-state index contributed by atoms with van der Waals surface area (Å²) >= 11 is 0. The molecule has 0 saturated carbocycles. The molecule has 6 rings (SSSR count). The molecule has 0 atom stereocenters. The number of piperidine rings is 1. The number of rotatable bonds is 13. The van der Waals surface area contributed by atoms with E-state index in [2.05, 4.69) is 30.7 Å². The van der Waals surface area contributed by atoms with Crippen molar-refractivity contribution in [2.75, 3.05) is 44.0 Å². The van der Waals surface area contributed by atoms with Crippen molar-refractivity contribution < 1.29 is 22.7 Å². The normalized spacial score (nSPS) is 15.8. The summed E-state index contributed by atoms with van der Waals surface area (Å²) in [6, 6.07) is 9.32. The molecule has 14 heteroatoms. The monoisotopic (exact) mass is 690 g/mol. The number of hydrogen-bond acceptors (Lipinski definition) is 11. The molecule has 1 fully saturated rings. The van der Waals surface area contributed by atoms with Gasteiger partial charge in [-0.25, -0.2) is 8.42 Å². The standard InChI is InChI=1S/C35H46N8O5S/c1-21(2)48-30-16-25-20-43(26-9-11-42(12-10-26)13-14-47-6)34(44)27(25)17-29(30)38-35-39-32(28-19-37-41-33(28)40-35)36-18-24-15-23(5)7-8-31(24)49(45,46)22(3)4/h7-8,15-17,19,21-22,26H,9-14,18,20H2,1-6H3,(H3,36,37,38,39,40,41). The van der Waals surface area contributed by atoms with Crippen molar-refractivity contribution in [1.82, 2.24) is 30.0 Å². The molecule has 13 nitrogen and oxygen atoms in total. The third-order valence-corrected chi connectivity index (χ3v) is 11.4. The summed E-state index contributed by atoms with van der Waals surface area (Å²) < 4.78 is 37.8. The first-order valence-corrected chi connectivity index (χ1v) is 18.4. The third-order valence-electron chi connectivity index (χ3n) is 9.16. The first kappa shape index (κ1) is 34.6. The molecule has 1 amide bonds. The van der Waals surface area contributed by atoms with Crippen LogP contribution in [0.3, 0.4) is 0 Å². The van der Waals surface area contributed by atoms with Gasteiger partial charge in [0.15, 0.2) is 15.5 Å². The maximum Gasteiger partial charge on any atom is 0.254 e. The second kappa shape index (κ2) is 14.3. The van der Waals surface area contributed by atoms with Gasteiger partial charge in [-0.15, -0.1) is 0 Å². The number of aromatic amines is 1. The van der Waals surface area contributed by atoms with E-state index in [-0.39, 0.29) is 30.5 Å². The molecule has 2 aromatic heterocycles. The molecule has 1 saturated heterocycles. The third kappa shape index (κ3) is 7.36. The van der Waals surface area contributed by atoms with E-state index in [0.717, 1.165) is 43.6 Å². The van der Waals surface area contributed by atoms with Gasteiger partial charge in [0.05, 0.1) is 40.1 Å². The van der Waals surface area contributed by atoms with Crippen LogP contribution in [-0.2, 0) is 27.7 Å². The van der Waals surface area contributed by atoms with Crippen molar-refractivity contribution in [3.05, 3.63) is 58.8 Å². The Morgan fingerprint density at radius 3 is 2.57 bits per heavy atom. The van der Waals surface area contributed by atoms with Crippen LogP contribution in [0.5, 0.6) is 5.75 Å². The van der Waals surface area contributed by atoms with Gasteiger partial charge in [0.2, 0.25) is 5.95 Å². The van der Waals surface area contributed by atoms with Crippen LogP contribution in [-0.4, -0.2) is 95.0 Å². The van der Waals surface area contributed by atoms with Gasteiger partial charge < -0.3 is 29.9 Å². The van der Waals surface area contributed by atoms with Crippen molar-refractivity contribution in [2.24, 2.45) is 0 Å². The van der Waals surface area contributed by atoms with Crippen LogP contribution >= 0.6 is 0 Å². The predicted molar refractivity (Wildman–Crippen MR) is 189 cm³/mol. The summed E-state index contributed by atoms with van der Waals surface area (Å²) in [4.78, 5) is 27.9. The first-order valence-electron chi connectivity index (χ1n) is 16.9. The van der Waals surface area contributed by atoms with Gasteiger partial charge in [0, 0.05) is 51.4 Å². The number of benzene rings is 2. The molecule has 2 aliphatic heterocycles. The Bertz CT molecular complexity index is 1940. The van der Waals surface area contributed by atoms with Gasteiger partial charge >= 0.3 is 0 Å². The van der Waals surface area contributed by atoms with Gasteiger partial charge in [-0.3, -0.25) is 9.89 Å². The Morgan fingerprint density at radius 2 is 1.86 bits per heavy atom. The zero-order valence-corrected chi connectivity index (χ0v) is 29.9. The number of carbonyl (C=O) groups excluding carboxylic acids is 1. The Labute approximate surface area is 287 Å². The van der Waals surface area contributed by atoms with Crippen molar-refractivity contribution >= 4 is 44.2 Å². The highest BCUT2D eigenvalue weighted by atomic mass is 32.2. The number of likely N-dealkylation sites (tertiary alicyclic amines) is 1. The van der Waals surface area contributed by atoms with Gasteiger partial charge in [0.25, 0.3) is 5.91 Å². The molecule has 262 valence electrons. The van der Waals surface area contributed by atoms with Crippen molar-refractivity contribution in [2.45, 2.75) is 82.8 Å². The lowest BCUT2D eigenvalue weighted by Crippen LogP contribution is -2.45. The number of anilines is 3. The van der Waals surface area contributed by atoms with Crippen LogP contribution < -0.4 is 15.4 Å². The SMILES string of the molecule is COCCN1CCC(N2Cc3cc(OC(C)C)c(Nc4nc(NCc5cc(C)ccc5S(=O)(=O)C(C)C)c5cn[nH]c5n4)cc3C2=O)CC1. The summed E-state index contributed by atoms with van der Waals surface area (Å²) in [5, 5.41) is 13.8. The molecule has 0 spiro atoms. The molecule has 49 heavy (non-hydrogen) atoms. The highest BCUT2D eigenvalue weighted by Crippen LogP contribution is 2.38. The number of aryl methyl sites for hydroxylation is 1. The fraction of sp³-hybridized carbons (Fsp3) is 0.486. The predicted octanol–water partition coefficient (Wildman–Crippen LogP) is 5.05. The van der Waals surface area contributed by atoms with Crippen LogP contribution in [0.25, 0.3) is 11.0 Å². The molecular weight excluding hydrogens is 645 g/mol. The summed E-state index contributed by atoms with van der Waals surface area (Å²) in [5.74, 6) is 1.35. The van der Waals surface area contributed by atoms with Crippen molar-refractivity contribution in [3.63, 3.8) is 0 Å². The van der Waals surface area contributed by atoms with E-state index in [1.165, 1.54) is 0 Å². The number of fused-ring (bicyclic) bond motifs is 2. The second-order valence-corrected chi connectivity index (χ2v) is 15.9. The van der Waals surface area contributed by atoms with E-state index in [0.29, 0.717) is 57.5 Å². The molecule has 0 unspecified atom stereocenters. The number of aromatic nitrogens is 4. The number of ether oxygens (including phenoxy) is 2. The lowest BCUT2D eigenvalue weighted by atomic mass is 10.0.